The molecule has 0 radical (unpaired) electrons. The van der Waals surface area contributed by atoms with Gasteiger partial charge < -0.3 is 15.2 Å². The van der Waals surface area contributed by atoms with Gasteiger partial charge in [-0.3, -0.25) is 19.8 Å². The van der Waals surface area contributed by atoms with Crippen LogP contribution in [-0.2, 0) is 11.3 Å². The van der Waals surface area contributed by atoms with Gasteiger partial charge in [0, 0.05) is 29.8 Å². The summed E-state index contributed by atoms with van der Waals surface area (Å²) in [5.41, 5.74) is 0.406. The smallest absolute Gasteiger partial charge is 0.274 e. The van der Waals surface area contributed by atoms with Crippen LogP contribution in [0.25, 0.3) is 0 Å². The minimum Gasteiger partial charge on any atom is -0.868 e. The van der Waals surface area contributed by atoms with E-state index in [0.29, 0.717) is 13.2 Å². The predicted octanol–water partition coefficient (Wildman–Crippen LogP) is 0.249. The Morgan fingerprint density at radius 2 is 2.04 bits per heavy atom. The maximum Gasteiger partial charge on any atom is 0.274 e. The Bertz CT molecular complexity index is 803. The molecule has 2 N–H and O–H groups in total. The van der Waals surface area contributed by atoms with Gasteiger partial charge >= 0.3 is 0 Å². The summed E-state index contributed by atoms with van der Waals surface area (Å²) in [5.74, 6) is -0.269. The largest absolute Gasteiger partial charge is 0.868 e. The number of hydrogen-bond acceptors (Lipinski definition) is 6. The second kappa shape index (κ2) is 7.79. The molecule has 0 unspecified atom stereocenters. The number of carbonyl (C=O) groups excluding carboxylic acids is 1. The van der Waals surface area contributed by atoms with E-state index < -0.39 is 22.3 Å². The monoisotopic (exact) mass is 358 g/mol. The molecule has 0 atom stereocenters. The maximum atomic E-state index is 12.1. The van der Waals surface area contributed by atoms with Crippen molar-refractivity contribution in [2.75, 3.05) is 31.2 Å². The highest BCUT2D eigenvalue weighted by atomic mass is 16.6. The molecule has 0 bridgehead atoms. The number of hydrogen-bond donors (Lipinski definition) is 1. The minimum atomic E-state index is -0.786. The number of rotatable bonds is 5. The molecule has 1 aromatic carbocycles. The summed E-state index contributed by atoms with van der Waals surface area (Å²) in [6, 6.07) is 7.12. The quantitative estimate of drug-likeness (QED) is 0.604. The van der Waals surface area contributed by atoms with Crippen molar-refractivity contribution in [1.82, 2.24) is 5.32 Å². The predicted molar refractivity (Wildman–Crippen MR) is 89.7 cm³/mol. The van der Waals surface area contributed by atoms with Gasteiger partial charge in [-0.15, -0.1) is 0 Å². The minimum absolute atomic E-state index is 0.0921. The highest BCUT2D eigenvalue weighted by Crippen LogP contribution is 2.23. The zero-order valence-corrected chi connectivity index (χ0v) is 13.9. The highest BCUT2D eigenvalue weighted by molar-refractivity contribution is 5.94. The molecular weight excluding hydrogens is 340 g/mol. The summed E-state index contributed by atoms with van der Waals surface area (Å²) in [6.07, 6.45) is 1.81. The van der Waals surface area contributed by atoms with Gasteiger partial charge in [0.25, 0.3) is 17.4 Å². The molecule has 26 heavy (non-hydrogen) atoms. The molecule has 1 fully saturated rings. The maximum absolute atomic E-state index is 12.1. The van der Waals surface area contributed by atoms with E-state index in [1.165, 1.54) is 6.07 Å². The van der Waals surface area contributed by atoms with Crippen LogP contribution in [0.3, 0.4) is 0 Å². The lowest BCUT2D eigenvalue weighted by Gasteiger charge is -2.21. The zero-order chi connectivity index (χ0) is 18.5. The molecule has 9 nitrogen and oxygen atoms in total. The van der Waals surface area contributed by atoms with Crippen molar-refractivity contribution in [3.63, 3.8) is 0 Å². The number of ether oxygens (including phenoxy) is 1. The van der Waals surface area contributed by atoms with Crippen LogP contribution in [-0.4, -0.2) is 37.1 Å². The molecule has 9 heteroatoms. The third kappa shape index (κ3) is 4.06. The Morgan fingerprint density at radius 3 is 2.65 bits per heavy atom. The van der Waals surface area contributed by atoms with Crippen molar-refractivity contribution < 1.29 is 24.5 Å². The van der Waals surface area contributed by atoms with Crippen LogP contribution in [0.15, 0.2) is 36.5 Å². The van der Waals surface area contributed by atoms with Crippen LogP contribution in [0.5, 0.6) is 5.75 Å². The topological polar surface area (TPSA) is 122 Å². The van der Waals surface area contributed by atoms with E-state index in [9.17, 15) is 20.0 Å². The Labute approximate surface area is 149 Å². The van der Waals surface area contributed by atoms with E-state index in [1.54, 1.807) is 6.20 Å². The van der Waals surface area contributed by atoms with Crippen molar-refractivity contribution in [2.24, 2.45) is 0 Å². The van der Waals surface area contributed by atoms with E-state index in [0.717, 1.165) is 36.6 Å². The number of benzene rings is 1. The second-order valence-electron chi connectivity index (χ2n) is 5.80. The Kier molecular flexibility index (Phi) is 5.28. The SMILES string of the molecule is O=C(NCc1ccc(N2CCOCC2)[nH+]c1)c1ccc([N+](=O)[O-])c([O-])c1. The fourth-order valence-electron chi connectivity index (χ4n) is 2.65. The fraction of sp³-hybridized carbons (Fsp3) is 0.294. The fourth-order valence-corrected chi connectivity index (χ4v) is 2.65. The Morgan fingerprint density at radius 1 is 1.27 bits per heavy atom. The number of H-pyrrole nitrogens is 1. The van der Waals surface area contributed by atoms with Crippen LogP contribution in [0, 0.1) is 10.1 Å². The average molecular weight is 358 g/mol. The van der Waals surface area contributed by atoms with Crippen LogP contribution in [0.2, 0.25) is 0 Å². The number of pyridine rings is 1. The van der Waals surface area contributed by atoms with Crippen LogP contribution < -0.4 is 20.3 Å². The number of anilines is 1. The van der Waals surface area contributed by atoms with Crippen LogP contribution in [0.1, 0.15) is 15.9 Å². The number of nitrogens with zero attached hydrogens (tertiary/aromatic N) is 2. The first-order valence-electron chi connectivity index (χ1n) is 8.11. The molecule has 1 saturated heterocycles. The molecule has 0 spiro atoms. The van der Waals surface area contributed by atoms with Crippen LogP contribution >= 0.6 is 0 Å². The summed E-state index contributed by atoms with van der Waals surface area (Å²) in [5, 5.41) is 24.9. The van der Waals surface area contributed by atoms with Gasteiger partial charge in [0.2, 0.25) is 0 Å². The van der Waals surface area contributed by atoms with Crippen molar-refractivity contribution in [1.29, 1.82) is 0 Å². The normalized spacial score (nSPS) is 14.1. The van der Waals surface area contributed by atoms with Crippen molar-refractivity contribution >= 4 is 17.4 Å². The van der Waals surface area contributed by atoms with Gasteiger partial charge in [0.15, 0.2) is 0 Å². The van der Waals surface area contributed by atoms with E-state index in [4.69, 9.17) is 4.74 Å². The number of nitro groups is 1. The van der Waals surface area contributed by atoms with Gasteiger partial charge in [-0.1, -0.05) is 6.07 Å². The van der Waals surface area contributed by atoms with Crippen molar-refractivity contribution in [3.05, 3.63) is 57.8 Å². The van der Waals surface area contributed by atoms with Gasteiger partial charge in [-0.25, -0.2) is 4.98 Å². The molecule has 2 heterocycles. The third-order valence-electron chi connectivity index (χ3n) is 4.08. The van der Waals surface area contributed by atoms with E-state index in [1.807, 2.05) is 12.1 Å². The van der Waals surface area contributed by atoms with Gasteiger partial charge in [0.05, 0.1) is 24.3 Å². The van der Waals surface area contributed by atoms with E-state index in [2.05, 4.69) is 15.2 Å². The lowest BCUT2D eigenvalue weighted by Crippen LogP contribution is -2.39. The first kappa shape index (κ1) is 17.6. The molecule has 136 valence electrons. The number of carbonyl (C=O) groups is 1. The molecule has 1 aliphatic rings. The standard InChI is InChI=1S/C17H18N4O5/c22-15-9-13(2-3-14(15)21(24)25)17(23)19-11-12-1-4-16(18-10-12)20-5-7-26-8-6-20/h1-4,9-10,22H,5-8,11H2,(H,19,23). The molecule has 1 amide bonds. The van der Waals surface area contributed by atoms with Gasteiger partial charge in [-0.05, 0) is 17.9 Å². The summed E-state index contributed by atoms with van der Waals surface area (Å²) >= 11 is 0. The summed E-state index contributed by atoms with van der Waals surface area (Å²) in [7, 11) is 0. The molecule has 2 aromatic rings. The lowest BCUT2D eigenvalue weighted by molar-refractivity contribution is -0.398. The number of morpholine rings is 1. The molecule has 3 rings (SSSR count). The summed E-state index contributed by atoms with van der Waals surface area (Å²) in [4.78, 5) is 27.4. The molecule has 0 saturated carbocycles. The molecular formula is C17H18N4O5. The van der Waals surface area contributed by atoms with Crippen molar-refractivity contribution in [3.8, 4) is 5.75 Å². The zero-order valence-electron chi connectivity index (χ0n) is 13.9. The first-order valence-corrected chi connectivity index (χ1v) is 8.11. The number of amides is 1. The Hall–Kier alpha value is -3.20. The highest BCUT2D eigenvalue weighted by Gasteiger charge is 2.18. The summed E-state index contributed by atoms with van der Waals surface area (Å²) < 4.78 is 5.32. The lowest BCUT2D eigenvalue weighted by atomic mass is 10.1. The van der Waals surface area contributed by atoms with Crippen molar-refractivity contribution in [2.45, 2.75) is 6.54 Å². The molecule has 0 aliphatic carbocycles. The summed E-state index contributed by atoms with van der Waals surface area (Å²) in [6.45, 7) is 3.31. The van der Waals surface area contributed by atoms with E-state index >= 15 is 0 Å². The van der Waals surface area contributed by atoms with E-state index in [-0.39, 0.29) is 12.1 Å². The number of nitrogens with one attached hydrogen (secondary N) is 2. The first-order chi connectivity index (χ1) is 12.5. The average Bonchev–Trinajstić information content (AvgIpc) is 2.67. The van der Waals surface area contributed by atoms with Crippen LogP contribution in [0.4, 0.5) is 11.5 Å². The third-order valence-corrected chi connectivity index (χ3v) is 4.08. The van der Waals surface area contributed by atoms with Gasteiger partial charge in [0.1, 0.15) is 13.1 Å². The molecule has 1 aliphatic heterocycles. The second-order valence-corrected chi connectivity index (χ2v) is 5.80. The number of aromatic amines is 1. The number of aromatic nitrogens is 1. The number of nitro benzene ring substituents is 1. The Balaban J connectivity index is 1.59. The molecule has 1 aromatic heterocycles. The van der Waals surface area contributed by atoms with Gasteiger partial charge in [-0.2, -0.15) is 0 Å².